The van der Waals surface area contributed by atoms with Crippen molar-refractivity contribution in [2.75, 3.05) is 150 Å². The van der Waals surface area contributed by atoms with Gasteiger partial charge in [-0.25, -0.2) is 24.0 Å². The van der Waals surface area contributed by atoms with E-state index < -0.39 is 89.2 Å². The molecule has 0 atom stereocenters. The van der Waals surface area contributed by atoms with Gasteiger partial charge in [0.25, 0.3) is 59.1 Å². The second-order valence-electron chi connectivity index (χ2n) is 27.5. The van der Waals surface area contributed by atoms with Crippen molar-refractivity contribution in [2.45, 2.75) is 98.7 Å². The van der Waals surface area contributed by atoms with Crippen LogP contribution in [0.1, 0.15) is 82.1 Å². The molecule has 10 rings (SSSR count). The number of carbonyl (C=O) groups is 15. The maximum Gasteiger partial charge on any atom is 0.333 e. The molecule has 0 spiro atoms. The predicted octanol–water partition coefficient (Wildman–Crippen LogP) is 3.51. The van der Waals surface area contributed by atoms with Crippen LogP contribution in [-0.2, 0) is 71.6 Å². The van der Waals surface area contributed by atoms with Gasteiger partial charge in [0.05, 0.1) is 29.7 Å². The van der Waals surface area contributed by atoms with Crippen LogP contribution in [0.4, 0.5) is 24.0 Å². The molecule has 10 aliphatic rings. The molecule has 0 unspecified atom stereocenters. The molecule has 0 aromatic heterocycles. The minimum Gasteiger partial charge on any atom is -0.477 e. The summed E-state index contributed by atoms with van der Waals surface area (Å²) in [6.45, 7) is 26.5. The van der Waals surface area contributed by atoms with E-state index in [2.05, 4.69) is 18.7 Å². The SMILES string of the molecule is CCCN1C(=O)C(=C/C=C2/OCC(C)(C)N2C)C(=O)N(CCC)C1=O.CCN1/C(=C\C=C2C(=O)N(C)C(=O)N(C)C2=O)OCC1(C)C.CCN1CCO/C1=C/C=C1C(=O)N(C)C(=O)N(C)C1=O.CN1C(=O)C(=C/C=C2/OCC(C)(C)N2C)C(=O)N(C)C1=O.CN1C(=O)C(=C/C=C2/OCCN2C)C(=O)N(C)C1=O. The standard InChI is InChI=1S/C18H27N3O4.C15H21N3O4.C14H19N3O4.C13H17N3O4.C12H15N3O4/c1-6-10-20-15(22)13(16(23)21(11-7-2)17(20)24)8-9-14-19(5)18(3,4)12-25-14;1-6-18-11(22-9-15(18,2)3)8-7-10-12(19)16(4)14(21)17(5)13(10)20;1-14(2)8-21-10(17(14)5)7-6-9-11(18)15(3)13(20)16(4)12(9)19;1-4-16-7-8-20-10(16)6-5-9-11(17)14(2)13(19)15(3)12(9)18;1-13-6-7-19-9(13)5-4-8-10(16)14(2)12(18)15(3)11(8)17/h8-9H,6-7,10-12H2,1-5H3;7-8H,6,9H2,1-5H3;6-7H,8H2,1-5H3;5-6H,4,7-8H2,1-3H3;4-5H,6-7H2,1-3H3/b14-9+;11-8+;10-7+;10-6+;9-5+. The molecule has 107 heavy (non-hydrogen) atoms. The average molecular weight is 1490 g/mol. The molecule has 20 amide bonds. The first-order valence-electron chi connectivity index (χ1n) is 34.5. The third kappa shape index (κ3) is 18.1. The van der Waals surface area contributed by atoms with Crippen molar-refractivity contribution in [1.82, 2.24) is 73.5 Å². The van der Waals surface area contributed by atoms with Crippen LogP contribution in [0.15, 0.2) is 118 Å². The maximum atomic E-state index is 12.6. The van der Waals surface area contributed by atoms with Gasteiger partial charge in [-0.05, 0) is 129 Å². The number of imide groups is 10. The number of barbiturate groups is 5. The third-order valence-electron chi connectivity index (χ3n) is 18.7. The van der Waals surface area contributed by atoms with Crippen LogP contribution in [0.5, 0.6) is 0 Å². The molecule has 10 heterocycles. The number of rotatable bonds is 11. The van der Waals surface area contributed by atoms with Gasteiger partial charge in [0.1, 0.15) is 60.9 Å². The molecule has 0 saturated carbocycles. The second kappa shape index (κ2) is 34.6. The highest BCUT2D eigenvalue weighted by molar-refractivity contribution is 6.31. The minimum absolute atomic E-state index is 0.00398. The molecular weight excluding hydrogens is 1390 g/mol. The number of hydrogen-bond acceptors (Lipinski definition) is 25. The number of allylic oxidation sites excluding steroid dienone is 10. The summed E-state index contributed by atoms with van der Waals surface area (Å²) in [5.74, 6) is -2.92. The van der Waals surface area contributed by atoms with Gasteiger partial charge in [-0.15, -0.1) is 0 Å². The monoisotopic (exact) mass is 1490 g/mol. The van der Waals surface area contributed by atoms with Crippen LogP contribution < -0.4 is 0 Å². The van der Waals surface area contributed by atoms with Crippen molar-refractivity contribution >= 4 is 89.2 Å². The molecule has 0 N–H and O–H groups in total. The van der Waals surface area contributed by atoms with E-state index in [1.807, 2.05) is 96.1 Å². The summed E-state index contributed by atoms with van der Waals surface area (Å²) in [7, 11) is 16.4. The summed E-state index contributed by atoms with van der Waals surface area (Å²) >= 11 is 0. The van der Waals surface area contributed by atoms with E-state index in [9.17, 15) is 71.9 Å². The lowest BCUT2D eigenvalue weighted by atomic mass is 10.1. The predicted molar refractivity (Wildman–Crippen MR) is 384 cm³/mol. The molecule has 0 aliphatic carbocycles. The second-order valence-corrected chi connectivity index (χ2v) is 27.5. The molecular formula is C72H99N15O20. The fraction of sp³-hybridized carbons (Fsp3) is 0.514. The molecule has 10 aliphatic heterocycles. The van der Waals surface area contributed by atoms with E-state index >= 15 is 0 Å². The van der Waals surface area contributed by atoms with Crippen molar-refractivity contribution in [3.05, 3.63) is 118 Å². The van der Waals surface area contributed by atoms with E-state index in [1.54, 1.807) is 30.4 Å². The van der Waals surface area contributed by atoms with E-state index in [-0.39, 0.29) is 44.5 Å². The first kappa shape index (κ1) is 84.4. The van der Waals surface area contributed by atoms with Crippen LogP contribution >= 0.6 is 0 Å². The highest BCUT2D eigenvalue weighted by Gasteiger charge is 2.45. The van der Waals surface area contributed by atoms with Gasteiger partial charge < -0.3 is 48.2 Å². The Balaban J connectivity index is 0.000000210. The number of nitrogens with zero attached hydrogens (tertiary/aromatic N) is 15. The van der Waals surface area contributed by atoms with Gasteiger partial charge in [-0.2, -0.15) is 0 Å². The Kier molecular flexibility index (Phi) is 27.3. The normalized spacial score (nSPS) is 22.8. The Morgan fingerprint density at radius 3 is 0.850 bits per heavy atom. The summed E-state index contributed by atoms with van der Waals surface area (Å²) in [5, 5.41) is 0. The van der Waals surface area contributed by atoms with Gasteiger partial charge in [-0.1, -0.05) is 13.8 Å². The summed E-state index contributed by atoms with van der Waals surface area (Å²) in [5.41, 5.74) is -0.651. The first-order valence-corrected chi connectivity index (χ1v) is 34.5. The van der Waals surface area contributed by atoms with Crippen LogP contribution in [0.2, 0.25) is 0 Å². The Labute approximate surface area is 622 Å². The van der Waals surface area contributed by atoms with Crippen LogP contribution in [0.25, 0.3) is 0 Å². The highest BCUT2D eigenvalue weighted by atomic mass is 16.5. The van der Waals surface area contributed by atoms with Crippen molar-refractivity contribution < 1.29 is 95.6 Å². The van der Waals surface area contributed by atoms with Gasteiger partial charge in [-0.3, -0.25) is 96.9 Å². The number of carbonyl (C=O) groups excluding carboxylic acids is 15. The van der Waals surface area contributed by atoms with Crippen LogP contribution in [0.3, 0.4) is 0 Å². The van der Waals surface area contributed by atoms with Crippen LogP contribution in [-0.4, -0.2) is 329 Å². The van der Waals surface area contributed by atoms with E-state index in [0.29, 0.717) is 88.4 Å². The molecule has 35 heteroatoms. The Hall–Kier alpha value is -11.5. The summed E-state index contributed by atoms with van der Waals surface area (Å²) in [6.07, 6.45) is 16.3. The molecule has 0 radical (unpaired) electrons. The molecule has 0 bridgehead atoms. The van der Waals surface area contributed by atoms with Crippen LogP contribution in [0, 0.1) is 0 Å². The first-order chi connectivity index (χ1) is 50.0. The lowest BCUT2D eigenvalue weighted by Crippen LogP contribution is -2.56. The van der Waals surface area contributed by atoms with Crippen molar-refractivity contribution in [3.8, 4) is 0 Å². The maximum absolute atomic E-state index is 12.6. The fourth-order valence-corrected chi connectivity index (χ4v) is 11.3. The Morgan fingerprint density at radius 1 is 0.299 bits per heavy atom. The number of amides is 20. The summed E-state index contributed by atoms with van der Waals surface area (Å²) in [6, 6.07) is -3.05. The smallest absolute Gasteiger partial charge is 0.333 e. The van der Waals surface area contributed by atoms with E-state index in [1.165, 1.54) is 86.8 Å². The molecule has 0 aromatic rings. The topological polar surface area (TPSA) is 351 Å². The third-order valence-corrected chi connectivity index (χ3v) is 18.7. The zero-order chi connectivity index (χ0) is 80.4. The van der Waals surface area contributed by atoms with Gasteiger partial charge in [0, 0.05) is 104 Å². The molecule has 35 nitrogen and oxygen atoms in total. The van der Waals surface area contributed by atoms with Gasteiger partial charge in [0.2, 0.25) is 0 Å². The zero-order valence-corrected chi connectivity index (χ0v) is 64.8. The van der Waals surface area contributed by atoms with Gasteiger partial charge >= 0.3 is 30.2 Å². The number of urea groups is 5. The van der Waals surface area contributed by atoms with Gasteiger partial charge in [0.15, 0.2) is 29.4 Å². The fourth-order valence-electron chi connectivity index (χ4n) is 11.3. The Morgan fingerprint density at radius 2 is 0.570 bits per heavy atom. The zero-order valence-electron chi connectivity index (χ0n) is 64.8. The van der Waals surface area contributed by atoms with Crippen molar-refractivity contribution in [2.24, 2.45) is 0 Å². The quantitative estimate of drug-likeness (QED) is 0.211. The molecule has 582 valence electrons. The number of ether oxygens (including phenoxy) is 5. The lowest BCUT2D eigenvalue weighted by molar-refractivity contribution is -0.137. The number of likely N-dealkylation sites (N-methyl/N-ethyl adjacent to an activating group) is 13. The average Bonchev–Trinajstić information content (AvgIpc) is 1.49. The Bertz CT molecular complexity index is 3870. The van der Waals surface area contributed by atoms with Crippen molar-refractivity contribution in [3.63, 3.8) is 0 Å². The largest absolute Gasteiger partial charge is 0.477 e. The lowest BCUT2D eigenvalue weighted by Gasteiger charge is -2.33. The van der Waals surface area contributed by atoms with Crippen molar-refractivity contribution in [1.29, 1.82) is 0 Å². The molecule has 10 saturated heterocycles. The van der Waals surface area contributed by atoms with E-state index in [0.717, 1.165) is 75.2 Å². The summed E-state index contributed by atoms with van der Waals surface area (Å²) in [4.78, 5) is 199. The molecule has 10 fully saturated rings. The number of hydrogen-bond donors (Lipinski definition) is 0. The van der Waals surface area contributed by atoms with E-state index in [4.69, 9.17) is 23.7 Å². The molecule has 0 aromatic carbocycles. The highest BCUT2D eigenvalue weighted by Crippen LogP contribution is 2.32. The summed E-state index contributed by atoms with van der Waals surface area (Å²) < 4.78 is 27.6. The minimum atomic E-state index is -0.634.